The van der Waals surface area contributed by atoms with Crippen LogP contribution in [-0.2, 0) is 20.6 Å². The van der Waals surface area contributed by atoms with Gasteiger partial charge < -0.3 is 25.4 Å². The van der Waals surface area contributed by atoms with Gasteiger partial charge in [-0.15, -0.1) is 0 Å². The predicted octanol–water partition coefficient (Wildman–Crippen LogP) is 18.8. The van der Waals surface area contributed by atoms with E-state index in [0.717, 1.165) is 29.4 Å². The molecule has 6 aromatic heterocycles. The maximum atomic E-state index is 13.4. The van der Waals surface area contributed by atoms with Crippen LogP contribution in [0.3, 0.4) is 0 Å². The fourth-order valence-corrected chi connectivity index (χ4v) is 26.3. The molecule has 6 heterocycles. The van der Waals surface area contributed by atoms with E-state index in [-0.39, 0.29) is 56.7 Å². The van der Waals surface area contributed by atoms with E-state index in [1.54, 1.807) is 38.5 Å². The molecule has 0 spiro atoms. The van der Waals surface area contributed by atoms with E-state index in [9.17, 15) is 26.3 Å². The molecule has 0 saturated heterocycles. The van der Waals surface area contributed by atoms with Crippen LogP contribution < -0.4 is 16.0 Å². The normalized spacial score (nSPS) is 18.7. The third-order valence-electron chi connectivity index (χ3n) is 18.8. The summed E-state index contributed by atoms with van der Waals surface area (Å²) in [6.07, 6.45) is 29.1. The first-order valence-corrected chi connectivity index (χ1v) is 44.4. The van der Waals surface area contributed by atoms with Crippen LogP contribution in [0.25, 0.3) is 23.9 Å². The Morgan fingerprint density at radius 3 is 1.28 bits per heavy atom. The van der Waals surface area contributed by atoms with Gasteiger partial charge in [0.15, 0.2) is 0 Å². The first-order chi connectivity index (χ1) is 47.3. The number of hydrogen-bond acceptors (Lipinski definition) is 15. The predicted molar refractivity (Wildman–Crippen MR) is 377 cm³/mol. The van der Waals surface area contributed by atoms with Crippen molar-refractivity contribution in [1.82, 2.24) is 59.2 Å². The van der Waals surface area contributed by atoms with Gasteiger partial charge in [-0.25, -0.2) is 50.4 Å². The Morgan fingerprint density at radius 1 is 0.490 bits per heavy atom. The zero-order valence-electron chi connectivity index (χ0n) is 58.3. The molecule has 12 rings (SSSR count). The van der Waals surface area contributed by atoms with Gasteiger partial charge in [0.05, 0.1) is 47.9 Å². The minimum absolute atomic E-state index is 0.00163. The fourth-order valence-electron chi connectivity index (χ4n) is 12.4. The van der Waals surface area contributed by atoms with Crippen LogP contribution in [0.2, 0.25) is 18.5 Å². The zero-order chi connectivity index (χ0) is 69.6. The Hall–Kier alpha value is -6.02. The molecule has 6 aliphatic rings. The average Bonchev–Trinajstić information content (AvgIpc) is 1.70. The largest absolute Gasteiger partial charge is 0.501 e. The van der Waals surface area contributed by atoms with Gasteiger partial charge in [-0.3, -0.25) is 0 Å². The molecular formula is C72H104ClF6N15O3Sn. The number of aromatic nitrogens is 12. The topological polar surface area (TPSA) is 195 Å². The summed E-state index contributed by atoms with van der Waals surface area (Å²) in [5, 5.41) is 23.8. The first kappa shape index (κ1) is 76.2. The van der Waals surface area contributed by atoms with Gasteiger partial charge in [-0.2, -0.15) is 35.2 Å². The van der Waals surface area contributed by atoms with Crippen molar-refractivity contribution in [3.8, 4) is 17.8 Å². The minimum Gasteiger partial charge on any atom is -0.501 e. The Labute approximate surface area is 584 Å². The summed E-state index contributed by atoms with van der Waals surface area (Å²) in [6.45, 7) is 15.5. The summed E-state index contributed by atoms with van der Waals surface area (Å²) < 4.78 is 109. The number of nitrogens with zero attached hydrogens (tertiary/aromatic N) is 12. The van der Waals surface area contributed by atoms with Crippen molar-refractivity contribution in [2.45, 2.75) is 269 Å². The smallest absolute Gasteiger partial charge is 0.253 e. The molecule has 0 atom stereocenters. The van der Waals surface area contributed by atoms with Crippen molar-refractivity contribution in [3.05, 3.63) is 105 Å². The fraction of sp³-hybridized carbons (Fsp3) is 0.653. The molecule has 6 aromatic rings. The molecule has 0 aromatic carbocycles. The van der Waals surface area contributed by atoms with Crippen LogP contribution >= 0.6 is 11.6 Å². The molecule has 6 aliphatic carbocycles. The third kappa shape index (κ3) is 24.9. The molecule has 0 bridgehead atoms. The Bertz CT molecular complexity index is 3400. The van der Waals surface area contributed by atoms with E-state index in [1.165, 1.54) is 90.4 Å². The number of nitrogens with one attached hydrogen (secondary N) is 3. The average molecular weight is 1500 g/mol. The van der Waals surface area contributed by atoms with Gasteiger partial charge in [0.2, 0.25) is 17.8 Å². The summed E-state index contributed by atoms with van der Waals surface area (Å²) in [6, 6.07) is 11.2. The SMILES string of the molecule is CCC[CH2][Sn](/[CH]=C/OCC)([CH2]CCC)[CH2]CCC.CCO/C=C/c1cc(NC2CCC(F)(F)CC2)nc(-n2ccc(C3CC3)n2)n1.CCOCCc1cc(NC2CCC(F)(F)CC2)nc(-n2ccc(C3CC3)n2)n1.FC1(F)CCC(Nc2cc(Cl)nc(-n3ccc(C4CC4)n3)n2)CC1. The molecule has 98 heavy (non-hydrogen) atoms. The van der Waals surface area contributed by atoms with Crippen molar-refractivity contribution in [2.75, 3.05) is 42.4 Å². The van der Waals surface area contributed by atoms with Crippen LogP contribution in [0.15, 0.2) is 71.6 Å². The number of alkyl halides is 6. The maximum absolute atomic E-state index is 13.4. The second-order valence-electron chi connectivity index (χ2n) is 27.2. The summed E-state index contributed by atoms with van der Waals surface area (Å²) in [4.78, 5) is 27.0. The molecular weight excluding hydrogens is 1390 g/mol. The number of halogens is 7. The number of ether oxygens (including phenoxy) is 3. The summed E-state index contributed by atoms with van der Waals surface area (Å²) in [5.41, 5.74) is 4.70. The molecule has 0 amide bonds. The van der Waals surface area contributed by atoms with Gasteiger partial charge >= 0.3 is 120 Å². The second-order valence-corrected chi connectivity index (χ2v) is 40.6. The van der Waals surface area contributed by atoms with Crippen LogP contribution in [0.5, 0.6) is 0 Å². The van der Waals surface area contributed by atoms with Crippen molar-refractivity contribution >= 4 is 53.5 Å². The molecule has 0 unspecified atom stereocenters. The molecule has 0 radical (unpaired) electrons. The molecule has 6 saturated carbocycles. The molecule has 3 N–H and O–H groups in total. The molecule has 538 valence electrons. The van der Waals surface area contributed by atoms with E-state index >= 15 is 0 Å². The van der Waals surface area contributed by atoms with Gasteiger partial charge in [0.1, 0.15) is 22.6 Å². The van der Waals surface area contributed by atoms with Gasteiger partial charge in [0.25, 0.3) is 17.8 Å². The molecule has 18 nitrogen and oxygen atoms in total. The quantitative estimate of drug-likeness (QED) is 0.0122. The van der Waals surface area contributed by atoms with Crippen molar-refractivity contribution in [2.24, 2.45) is 0 Å². The van der Waals surface area contributed by atoms with Crippen molar-refractivity contribution in [1.29, 1.82) is 0 Å². The Balaban J connectivity index is 0.000000155. The van der Waals surface area contributed by atoms with Gasteiger partial charge in [-0.05, 0) is 115 Å². The number of unbranched alkanes of at least 4 members (excludes halogenated alkanes) is 3. The summed E-state index contributed by atoms with van der Waals surface area (Å²) in [5.74, 6) is -2.81. The summed E-state index contributed by atoms with van der Waals surface area (Å²) >= 11 is 4.07. The summed E-state index contributed by atoms with van der Waals surface area (Å²) in [7, 11) is 0. The first-order valence-electron chi connectivity index (χ1n) is 36.3. The van der Waals surface area contributed by atoms with Gasteiger partial charge in [-0.1, -0.05) is 11.6 Å². The van der Waals surface area contributed by atoms with Crippen LogP contribution in [0.4, 0.5) is 43.8 Å². The number of anilines is 3. The Kier molecular flexibility index (Phi) is 28.8. The number of rotatable bonds is 31. The van der Waals surface area contributed by atoms with Gasteiger partial charge in [0, 0.05) is 124 Å². The van der Waals surface area contributed by atoms with E-state index in [2.05, 4.69) is 99.2 Å². The van der Waals surface area contributed by atoms with Crippen LogP contribution in [0, 0.1) is 0 Å². The van der Waals surface area contributed by atoms with Crippen molar-refractivity contribution in [3.63, 3.8) is 0 Å². The molecule has 26 heteroatoms. The molecule has 6 fully saturated rings. The third-order valence-corrected chi connectivity index (χ3v) is 33.0. The Morgan fingerprint density at radius 2 is 0.878 bits per heavy atom. The minimum atomic E-state index is -2.55. The van der Waals surface area contributed by atoms with E-state index in [4.69, 9.17) is 25.8 Å². The van der Waals surface area contributed by atoms with Crippen LogP contribution in [0.1, 0.15) is 242 Å². The number of hydrogen-bond donors (Lipinski definition) is 3. The maximum Gasteiger partial charge on any atom is 0.253 e. The van der Waals surface area contributed by atoms with Crippen LogP contribution in [-0.4, -0.2) is 140 Å². The second kappa shape index (κ2) is 37.1. The zero-order valence-corrected chi connectivity index (χ0v) is 61.9. The molecule has 0 aliphatic heterocycles. The van der Waals surface area contributed by atoms with Crippen molar-refractivity contribution < 1.29 is 40.6 Å². The van der Waals surface area contributed by atoms with E-state index in [1.807, 2.05) is 56.7 Å². The standard InChI is InChI=1S/C20H27F2N5O.C20H25F2N5O.C16H18ClF2N5.C4H7O.3C4H9.Sn/c2*1-2-28-12-8-16-13-18(23-15-5-9-20(21,22)10-6-15)25-19(24-16)27-11-7-17(26-27)14-3-4-14;17-13-9-14(20-11-3-6-16(18,19)7-4-11)22-15(21-13)24-8-5-12(23-24)10-1-2-10;1-3-5-4-2;3*1-3-4-2;/h7,11,13-15H,2-6,8-10,12H2,1H3,(H,23,24,25);7-8,11-15H,2-6,9-10H2,1H3,(H,23,24,25);5,8-11H,1-4,6-7H2,(H,20,21,22);1,3H,4H2,2H3;3*1,3-4H2,2H3;/b;12-8+;;;;;;. The van der Waals surface area contributed by atoms with E-state index in [0.29, 0.717) is 129 Å². The monoisotopic (exact) mass is 1500 g/mol. The van der Waals surface area contributed by atoms with E-state index < -0.39 is 36.1 Å².